The fourth-order valence-corrected chi connectivity index (χ4v) is 3.36. The van der Waals surface area contributed by atoms with Crippen LogP contribution in [0, 0.1) is 11.3 Å². The van der Waals surface area contributed by atoms with Crippen LogP contribution in [0.3, 0.4) is 0 Å². The number of oxazole rings is 1. The molecule has 1 amide bonds. The second-order valence-electron chi connectivity index (χ2n) is 6.91. The van der Waals surface area contributed by atoms with Crippen molar-refractivity contribution < 1.29 is 18.4 Å². The third-order valence-electron chi connectivity index (χ3n) is 4.93. The summed E-state index contributed by atoms with van der Waals surface area (Å²) in [5, 5.41) is 9.48. The normalized spacial score (nSPS) is 14.1. The lowest BCUT2D eigenvalue weighted by Crippen LogP contribution is -2.48. The molecule has 2 aromatic heterocycles. The molecule has 0 atom stereocenters. The molecule has 1 aliphatic rings. The van der Waals surface area contributed by atoms with Gasteiger partial charge in [-0.25, -0.2) is 0 Å². The molecule has 8 nitrogen and oxygen atoms in total. The van der Waals surface area contributed by atoms with Crippen molar-refractivity contribution >= 4 is 23.9 Å². The van der Waals surface area contributed by atoms with E-state index in [9.17, 15) is 10.1 Å². The first kappa shape index (κ1) is 20.3. The quantitative estimate of drug-likeness (QED) is 0.603. The number of hydrogen-bond acceptors (Lipinski definition) is 7. The fourth-order valence-electron chi connectivity index (χ4n) is 3.36. The van der Waals surface area contributed by atoms with Crippen molar-refractivity contribution in [2.45, 2.75) is 6.92 Å². The molecule has 1 saturated heterocycles. The molecule has 158 valence electrons. The molecule has 0 bridgehead atoms. The van der Waals surface area contributed by atoms with Crippen LogP contribution in [0.1, 0.15) is 34.6 Å². The van der Waals surface area contributed by atoms with Gasteiger partial charge in [0.25, 0.3) is 5.91 Å². The molecule has 0 saturated carbocycles. The summed E-state index contributed by atoms with van der Waals surface area (Å²) in [5.74, 6) is 1.79. The molecule has 31 heavy (non-hydrogen) atoms. The van der Waals surface area contributed by atoms with Gasteiger partial charge in [-0.2, -0.15) is 10.2 Å². The maximum atomic E-state index is 12.4. The summed E-state index contributed by atoms with van der Waals surface area (Å²) in [7, 11) is 0. The van der Waals surface area contributed by atoms with Gasteiger partial charge >= 0.3 is 0 Å². The molecule has 4 rings (SSSR count). The molecule has 0 N–H and O–H groups in total. The van der Waals surface area contributed by atoms with Gasteiger partial charge in [0.2, 0.25) is 17.5 Å². The minimum Gasteiger partial charge on any atom is -0.494 e. The molecule has 3 aromatic rings. The minimum atomic E-state index is -0.137. The predicted octanol–water partition coefficient (Wildman–Crippen LogP) is 3.67. The van der Waals surface area contributed by atoms with Gasteiger partial charge in [-0.1, -0.05) is 12.1 Å². The molecule has 8 heteroatoms. The average Bonchev–Trinajstić information content (AvgIpc) is 3.49. The predicted molar refractivity (Wildman–Crippen MR) is 115 cm³/mol. The van der Waals surface area contributed by atoms with Crippen LogP contribution >= 0.6 is 0 Å². The summed E-state index contributed by atoms with van der Waals surface area (Å²) < 4.78 is 16.5. The molecule has 0 radical (unpaired) electrons. The van der Waals surface area contributed by atoms with Crippen LogP contribution in [0.4, 0.5) is 5.88 Å². The number of hydrogen-bond donors (Lipinski definition) is 0. The fraction of sp³-hybridized carbons (Fsp3) is 0.261. The van der Waals surface area contributed by atoms with Gasteiger partial charge in [-0.05, 0) is 42.8 Å². The molecule has 3 heterocycles. The van der Waals surface area contributed by atoms with Gasteiger partial charge in [0, 0.05) is 32.3 Å². The van der Waals surface area contributed by atoms with Crippen LogP contribution in [-0.4, -0.2) is 48.6 Å². The highest BCUT2D eigenvalue weighted by atomic mass is 16.5. The van der Waals surface area contributed by atoms with Crippen LogP contribution in [0.2, 0.25) is 0 Å². The monoisotopic (exact) mass is 418 g/mol. The Morgan fingerprint density at radius 1 is 1.19 bits per heavy atom. The number of carbonyl (C=O) groups is 1. The third-order valence-corrected chi connectivity index (χ3v) is 4.93. The SMILES string of the molecule is CCOc1ccc(C=Cc2nc(C#N)c(N3CCN(C(=O)c4ccco4)CC3)o2)cc1. The van der Waals surface area contributed by atoms with E-state index in [2.05, 4.69) is 11.1 Å². The van der Waals surface area contributed by atoms with Crippen molar-refractivity contribution in [3.8, 4) is 11.8 Å². The van der Waals surface area contributed by atoms with E-state index in [1.807, 2.05) is 42.2 Å². The Balaban J connectivity index is 1.42. The van der Waals surface area contributed by atoms with Crippen molar-refractivity contribution in [2.75, 3.05) is 37.7 Å². The summed E-state index contributed by atoms with van der Waals surface area (Å²) in [6.45, 7) is 4.65. The van der Waals surface area contributed by atoms with Crippen molar-refractivity contribution in [3.63, 3.8) is 0 Å². The number of aromatic nitrogens is 1. The zero-order valence-electron chi connectivity index (χ0n) is 17.2. The smallest absolute Gasteiger partial charge is 0.289 e. The van der Waals surface area contributed by atoms with Gasteiger partial charge in [0.05, 0.1) is 12.9 Å². The van der Waals surface area contributed by atoms with Crippen LogP contribution < -0.4 is 9.64 Å². The number of anilines is 1. The number of benzene rings is 1. The molecule has 0 spiro atoms. The Bertz CT molecular complexity index is 1090. The largest absolute Gasteiger partial charge is 0.494 e. The zero-order valence-corrected chi connectivity index (χ0v) is 17.2. The number of furan rings is 1. The van der Waals surface area contributed by atoms with E-state index in [1.165, 1.54) is 6.26 Å². The Labute approximate surface area is 179 Å². The first-order valence-electron chi connectivity index (χ1n) is 10.1. The molecule has 0 unspecified atom stereocenters. The van der Waals surface area contributed by atoms with Crippen LogP contribution in [0.15, 0.2) is 51.5 Å². The van der Waals surface area contributed by atoms with E-state index >= 15 is 0 Å². The summed E-state index contributed by atoms with van der Waals surface area (Å²) in [4.78, 5) is 20.4. The van der Waals surface area contributed by atoms with Crippen molar-refractivity contribution in [2.24, 2.45) is 0 Å². The van der Waals surface area contributed by atoms with E-state index in [0.29, 0.717) is 50.3 Å². The van der Waals surface area contributed by atoms with Gasteiger partial charge in [-0.3, -0.25) is 4.79 Å². The number of ether oxygens (including phenoxy) is 1. The topological polar surface area (TPSA) is 95.7 Å². The van der Waals surface area contributed by atoms with Crippen molar-refractivity contribution in [1.82, 2.24) is 9.88 Å². The molecule has 0 aliphatic carbocycles. The molecule has 1 aromatic carbocycles. The van der Waals surface area contributed by atoms with Crippen LogP contribution in [0.25, 0.3) is 12.2 Å². The summed E-state index contributed by atoms with van der Waals surface area (Å²) in [6.07, 6.45) is 5.09. The Morgan fingerprint density at radius 3 is 2.61 bits per heavy atom. The first-order chi connectivity index (χ1) is 15.2. The number of amides is 1. The lowest BCUT2D eigenvalue weighted by molar-refractivity contribution is 0.0713. The minimum absolute atomic E-state index is 0.137. The highest BCUT2D eigenvalue weighted by molar-refractivity contribution is 5.91. The number of carbonyl (C=O) groups excluding carboxylic acids is 1. The van der Waals surface area contributed by atoms with E-state index < -0.39 is 0 Å². The highest BCUT2D eigenvalue weighted by Gasteiger charge is 2.27. The van der Waals surface area contributed by atoms with Gasteiger partial charge in [-0.15, -0.1) is 0 Å². The molecule has 1 fully saturated rings. The summed E-state index contributed by atoms with van der Waals surface area (Å²) in [5.41, 5.74) is 1.20. The Morgan fingerprint density at radius 2 is 1.97 bits per heavy atom. The van der Waals surface area contributed by atoms with Crippen molar-refractivity contribution in [3.05, 3.63) is 65.6 Å². The number of nitriles is 1. The van der Waals surface area contributed by atoms with Gasteiger partial charge in [0.15, 0.2) is 5.76 Å². The van der Waals surface area contributed by atoms with Gasteiger partial charge in [0.1, 0.15) is 11.8 Å². The second kappa shape index (κ2) is 9.22. The number of piperazine rings is 1. The van der Waals surface area contributed by atoms with Crippen LogP contribution in [0.5, 0.6) is 5.75 Å². The second-order valence-corrected chi connectivity index (χ2v) is 6.91. The maximum absolute atomic E-state index is 12.4. The Hall–Kier alpha value is -3.99. The maximum Gasteiger partial charge on any atom is 0.289 e. The van der Waals surface area contributed by atoms with E-state index in [4.69, 9.17) is 13.6 Å². The average molecular weight is 418 g/mol. The van der Waals surface area contributed by atoms with E-state index in [1.54, 1.807) is 23.1 Å². The molecular formula is C23H22N4O4. The summed E-state index contributed by atoms with van der Waals surface area (Å²) >= 11 is 0. The first-order valence-corrected chi connectivity index (χ1v) is 10.1. The lowest BCUT2D eigenvalue weighted by atomic mass is 10.2. The number of rotatable bonds is 6. The number of nitrogens with zero attached hydrogens (tertiary/aromatic N) is 4. The van der Waals surface area contributed by atoms with Crippen molar-refractivity contribution in [1.29, 1.82) is 5.26 Å². The van der Waals surface area contributed by atoms with E-state index in [-0.39, 0.29) is 11.6 Å². The molecule has 1 aliphatic heterocycles. The third kappa shape index (κ3) is 4.61. The summed E-state index contributed by atoms with van der Waals surface area (Å²) in [6, 6.07) is 13.1. The van der Waals surface area contributed by atoms with Gasteiger partial charge < -0.3 is 23.4 Å². The standard InChI is InChI=1S/C23H22N4O4/c1-2-29-18-8-5-17(6-9-18)7-10-21-25-19(16-24)23(31-21)27-13-11-26(12-14-27)22(28)20-4-3-15-30-20/h3-10,15H,2,11-14H2,1H3. The Kier molecular flexibility index (Phi) is 6.03. The lowest BCUT2D eigenvalue weighted by Gasteiger charge is -2.34. The molecular weight excluding hydrogens is 396 g/mol. The van der Waals surface area contributed by atoms with E-state index in [0.717, 1.165) is 11.3 Å². The highest BCUT2D eigenvalue weighted by Crippen LogP contribution is 2.25. The van der Waals surface area contributed by atoms with Crippen LogP contribution in [-0.2, 0) is 0 Å². The zero-order chi connectivity index (χ0) is 21.6.